The molecule has 1 aromatic carbocycles. The van der Waals surface area contributed by atoms with Crippen LogP contribution in [0.4, 0.5) is 5.69 Å². The van der Waals surface area contributed by atoms with Crippen molar-refractivity contribution in [3.63, 3.8) is 0 Å². The van der Waals surface area contributed by atoms with E-state index in [0.29, 0.717) is 12.3 Å². The van der Waals surface area contributed by atoms with Gasteiger partial charge in [-0.25, -0.2) is 0 Å². The Morgan fingerprint density at radius 3 is 2.73 bits per heavy atom. The summed E-state index contributed by atoms with van der Waals surface area (Å²) in [6.45, 7) is 12.5. The third kappa shape index (κ3) is 10.6. The lowest BCUT2D eigenvalue weighted by molar-refractivity contribution is -0.121. The molecule has 164 valence electrons. The highest BCUT2D eigenvalue weighted by Gasteiger charge is 2.11. The van der Waals surface area contributed by atoms with E-state index in [1.54, 1.807) is 17.8 Å². The van der Waals surface area contributed by atoms with Gasteiger partial charge in [0, 0.05) is 23.9 Å². The smallest absolute Gasteiger partial charge is 0.220 e. The fourth-order valence-corrected chi connectivity index (χ4v) is 3.95. The second-order valence-corrected chi connectivity index (χ2v) is 8.58. The molecule has 0 aromatic heterocycles. The number of nitrogens with one attached hydrogen (secondary N) is 2. The van der Waals surface area contributed by atoms with E-state index >= 15 is 0 Å². The van der Waals surface area contributed by atoms with Crippen molar-refractivity contribution in [1.82, 2.24) is 10.6 Å². The predicted molar refractivity (Wildman–Crippen MR) is 133 cm³/mol. The summed E-state index contributed by atoms with van der Waals surface area (Å²) in [4.78, 5) is 17.6. The standard InChI is InChI=1S/C25H37N3OS/c1-6-7-8-9-10-11-13-22(19-26-4)28-25(29)14-12-17-30-24-18-21(20(2)3)15-16-23(24)27-5/h6-10,15-16,18,20,22,26H,1,5,11-14,17,19H2,2-4H3,(H,28,29)/b8-7-,10-9-. The van der Waals surface area contributed by atoms with Crippen LogP contribution in [0.25, 0.3) is 0 Å². The van der Waals surface area contributed by atoms with Crippen LogP contribution in [0.5, 0.6) is 0 Å². The molecular weight excluding hydrogens is 390 g/mol. The zero-order valence-corrected chi connectivity index (χ0v) is 19.5. The Bertz CT molecular complexity index is 725. The Balaban J connectivity index is 2.43. The van der Waals surface area contributed by atoms with E-state index in [2.05, 4.69) is 61.0 Å². The maximum Gasteiger partial charge on any atom is 0.220 e. The fraction of sp³-hybridized carbons (Fsp3) is 0.440. The van der Waals surface area contributed by atoms with Gasteiger partial charge in [0.05, 0.1) is 5.69 Å². The minimum atomic E-state index is 0.115. The van der Waals surface area contributed by atoms with Crippen molar-refractivity contribution >= 4 is 30.1 Å². The van der Waals surface area contributed by atoms with Crippen molar-refractivity contribution in [2.45, 2.75) is 56.4 Å². The van der Waals surface area contributed by atoms with E-state index in [9.17, 15) is 4.79 Å². The summed E-state index contributed by atoms with van der Waals surface area (Å²) in [6.07, 6.45) is 12.9. The maximum atomic E-state index is 12.4. The van der Waals surface area contributed by atoms with Crippen LogP contribution >= 0.6 is 11.8 Å². The molecule has 0 aliphatic heterocycles. The molecule has 1 amide bonds. The predicted octanol–water partition coefficient (Wildman–Crippen LogP) is 5.80. The molecule has 1 rings (SSSR count). The molecule has 1 atom stereocenters. The Kier molecular flexibility index (Phi) is 13.6. The van der Waals surface area contributed by atoms with Crippen molar-refractivity contribution in [1.29, 1.82) is 0 Å². The van der Waals surface area contributed by atoms with Crippen molar-refractivity contribution in [3.05, 3.63) is 60.7 Å². The SMILES string of the molecule is C=C/C=C\C=C/CCC(CNC)NC(=O)CCCSc1cc(C(C)C)ccc1N=C. The Morgan fingerprint density at radius 1 is 1.27 bits per heavy atom. The molecule has 0 fully saturated rings. The molecule has 4 nitrogen and oxygen atoms in total. The van der Waals surface area contributed by atoms with Crippen LogP contribution in [-0.4, -0.2) is 38.0 Å². The Hall–Kier alpha value is -2.11. The quantitative estimate of drug-likeness (QED) is 0.161. The number of nitrogens with zero attached hydrogens (tertiary/aromatic N) is 1. The summed E-state index contributed by atoms with van der Waals surface area (Å²) in [5.74, 6) is 1.47. The van der Waals surface area contributed by atoms with Crippen LogP contribution in [0.1, 0.15) is 51.0 Å². The van der Waals surface area contributed by atoms with Crippen LogP contribution in [0.15, 0.2) is 65.0 Å². The first kappa shape index (κ1) is 25.9. The largest absolute Gasteiger partial charge is 0.352 e. The number of rotatable bonds is 15. The van der Waals surface area contributed by atoms with E-state index in [1.165, 1.54) is 5.56 Å². The zero-order valence-electron chi connectivity index (χ0n) is 18.7. The maximum absolute atomic E-state index is 12.4. The number of thioether (sulfide) groups is 1. The van der Waals surface area contributed by atoms with Gasteiger partial charge in [0.1, 0.15) is 0 Å². The van der Waals surface area contributed by atoms with Crippen LogP contribution in [0, 0.1) is 0 Å². The van der Waals surface area contributed by atoms with Gasteiger partial charge in [-0.3, -0.25) is 9.79 Å². The molecule has 0 saturated heterocycles. The number of carbonyl (C=O) groups excluding carboxylic acids is 1. The highest BCUT2D eigenvalue weighted by molar-refractivity contribution is 7.99. The molecule has 0 heterocycles. The first-order valence-corrected chi connectivity index (χ1v) is 11.6. The van der Waals surface area contributed by atoms with Crippen molar-refractivity contribution in [2.24, 2.45) is 4.99 Å². The third-order valence-corrected chi connectivity index (χ3v) is 5.75. The van der Waals surface area contributed by atoms with E-state index in [-0.39, 0.29) is 11.9 Å². The van der Waals surface area contributed by atoms with Gasteiger partial charge in [-0.15, -0.1) is 11.8 Å². The average Bonchev–Trinajstić information content (AvgIpc) is 2.73. The normalized spacial score (nSPS) is 12.5. The van der Waals surface area contributed by atoms with E-state index in [4.69, 9.17) is 0 Å². The summed E-state index contributed by atoms with van der Waals surface area (Å²) in [7, 11) is 1.91. The number of hydrogen-bond donors (Lipinski definition) is 2. The highest BCUT2D eigenvalue weighted by Crippen LogP contribution is 2.32. The van der Waals surface area contributed by atoms with Gasteiger partial charge in [-0.1, -0.05) is 56.9 Å². The van der Waals surface area contributed by atoms with Gasteiger partial charge in [0.15, 0.2) is 0 Å². The van der Waals surface area contributed by atoms with Crippen molar-refractivity contribution < 1.29 is 4.79 Å². The molecule has 1 aromatic rings. The second kappa shape index (κ2) is 15.7. The lowest BCUT2D eigenvalue weighted by Gasteiger charge is -2.17. The zero-order chi connectivity index (χ0) is 22.2. The third-order valence-electron chi connectivity index (χ3n) is 4.62. The molecule has 2 N–H and O–H groups in total. The molecule has 0 spiro atoms. The monoisotopic (exact) mass is 427 g/mol. The van der Waals surface area contributed by atoms with Crippen LogP contribution in [0.2, 0.25) is 0 Å². The topological polar surface area (TPSA) is 53.5 Å². The number of amides is 1. The van der Waals surface area contributed by atoms with E-state index in [0.717, 1.165) is 42.1 Å². The number of aliphatic imine (C=N–C) groups is 1. The Labute approximate surface area is 187 Å². The number of allylic oxidation sites excluding steroid dienone is 5. The van der Waals surface area contributed by atoms with E-state index in [1.807, 2.05) is 31.3 Å². The van der Waals surface area contributed by atoms with Crippen LogP contribution < -0.4 is 10.6 Å². The molecule has 1 unspecified atom stereocenters. The summed E-state index contributed by atoms with van der Waals surface area (Å²) in [5, 5.41) is 6.32. The summed E-state index contributed by atoms with van der Waals surface area (Å²) in [6, 6.07) is 6.48. The lowest BCUT2D eigenvalue weighted by atomic mass is 10.0. The van der Waals surface area contributed by atoms with Gasteiger partial charge < -0.3 is 10.6 Å². The highest BCUT2D eigenvalue weighted by atomic mass is 32.2. The van der Waals surface area contributed by atoms with Gasteiger partial charge in [0.25, 0.3) is 0 Å². The first-order valence-electron chi connectivity index (χ1n) is 10.6. The molecule has 0 aliphatic carbocycles. The van der Waals surface area contributed by atoms with Crippen molar-refractivity contribution in [3.8, 4) is 0 Å². The molecule has 5 heteroatoms. The van der Waals surface area contributed by atoms with E-state index < -0.39 is 0 Å². The van der Waals surface area contributed by atoms with Gasteiger partial charge in [-0.05, 0) is 62.4 Å². The minimum absolute atomic E-state index is 0.115. The minimum Gasteiger partial charge on any atom is -0.352 e. The molecule has 30 heavy (non-hydrogen) atoms. The molecule has 0 saturated carbocycles. The van der Waals surface area contributed by atoms with Gasteiger partial charge in [-0.2, -0.15) is 0 Å². The second-order valence-electron chi connectivity index (χ2n) is 7.44. The number of carbonyl (C=O) groups is 1. The molecule has 0 aliphatic rings. The van der Waals surface area contributed by atoms with Crippen LogP contribution in [-0.2, 0) is 4.79 Å². The number of hydrogen-bond acceptors (Lipinski definition) is 4. The average molecular weight is 428 g/mol. The number of benzene rings is 1. The Morgan fingerprint density at radius 2 is 2.07 bits per heavy atom. The van der Waals surface area contributed by atoms with Gasteiger partial charge in [0.2, 0.25) is 5.91 Å². The summed E-state index contributed by atoms with van der Waals surface area (Å²) >= 11 is 1.75. The molecule has 0 radical (unpaired) electrons. The fourth-order valence-electron chi connectivity index (χ4n) is 2.94. The number of likely N-dealkylation sites (N-methyl/N-ethyl adjacent to an activating group) is 1. The van der Waals surface area contributed by atoms with Gasteiger partial charge >= 0.3 is 0 Å². The summed E-state index contributed by atoms with van der Waals surface area (Å²) in [5.41, 5.74) is 2.21. The van der Waals surface area contributed by atoms with Crippen LogP contribution in [0.3, 0.4) is 0 Å². The molecular formula is C25H37N3OS. The first-order chi connectivity index (χ1) is 14.5. The van der Waals surface area contributed by atoms with Crippen molar-refractivity contribution in [2.75, 3.05) is 19.3 Å². The molecule has 0 bridgehead atoms. The lowest BCUT2D eigenvalue weighted by Crippen LogP contribution is -2.41. The summed E-state index contributed by atoms with van der Waals surface area (Å²) < 4.78 is 0.